The largest absolute Gasteiger partial charge is 0.416 e. The lowest BCUT2D eigenvalue weighted by Crippen LogP contribution is -2.16. The minimum atomic E-state index is -4.25. The molecule has 0 nitrogen and oxygen atoms in total. The Morgan fingerprint density at radius 1 is 1.12 bits per heavy atom. The van der Waals surface area contributed by atoms with E-state index >= 15 is 0 Å². The molecule has 1 atom stereocenters. The second-order valence-corrected chi connectivity index (χ2v) is 4.98. The molecule has 3 heteroatoms. The van der Waals surface area contributed by atoms with Crippen LogP contribution in [-0.4, -0.2) is 0 Å². The van der Waals surface area contributed by atoms with E-state index in [2.05, 4.69) is 19.9 Å². The van der Waals surface area contributed by atoms with Gasteiger partial charge in [0.05, 0.1) is 5.56 Å². The molecule has 0 saturated heterocycles. The van der Waals surface area contributed by atoms with Crippen molar-refractivity contribution in [3.05, 3.63) is 47.0 Å². The molecule has 0 aliphatic heterocycles. The fraction of sp³-hybridized carbons (Fsp3) is 0.429. The van der Waals surface area contributed by atoms with Gasteiger partial charge in [0, 0.05) is 5.41 Å². The van der Waals surface area contributed by atoms with E-state index in [1.807, 2.05) is 0 Å². The second-order valence-electron chi connectivity index (χ2n) is 4.98. The molecule has 1 aliphatic carbocycles. The van der Waals surface area contributed by atoms with E-state index in [4.69, 9.17) is 0 Å². The van der Waals surface area contributed by atoms with Crippen LogP contribution in [0.1, 0.15) is 37.8 Å². The van der Waals surface area contributed by atoms with Crippen LogP contribution in [0.5, 0.6) is 0 Å². The number of benzene rings is 1. The van der Waals surface area contributed by atoms with Crippen LogP contribution in [0.3, 0.4) is 0 Å². The molecule has 1 aromatic carbocycles. The van der Waals surface area contributed by atoms with Gasteiger partial charge in [-0.2, -0.15) is 13.2 Å². The van der Waals surface area contributed by atoms with Gasteiger partial charge in [-0.3, -0.25) is 0 Å². The van der Waals surface area contributed by atoms with Gasteiger partial charge in [-0.1, -0.05) is 30.7 Å². The Bertz CT molecular complexity index is 440. The number of allylic oxidation sites excluding steroid dienone is 2. The molecule has 0 unspecified atom stereocenters. The molecule has 17 heavy (non-hydrogen) atoms. The van der Waals surface area contributed by atoms with Gasteiger partial charge in [0.1, 0.15) is 0 Å². The van der Waals surface area contributed by atoms with E-state index in [1.54, 1.807) is 12.1 Å². The van der Waals surface area contributed by atoms with Gasteiger partial charge in [0.25, 0.3) is 0 Å². The Hall–Kier alpha value is -1.25. The average Bonchev–Trinajstić information content (AvgIpc) is 2.59. The van der Waals surface area contributed by atoms with E-state index in [9.17, 15) is 13.2 Å². The Balaban J connectivity index is 2.31. The third kappa shape index (κ3) is 2.38. The Morgan fingerprint density at radius 3 is 2.12 bits per heavy atom. The Labute approximate surface area is 99.2 Å². The number of hydrogen-bond acceptors (Lipinski definition) is 0. The number of alkyl halides is 3. The van der Waals surface area contributed by atoms with Gasteiger partial charge in [-0.05, 0) is 37.5 Å². The summed E-state index contributed by atoms with van der Waals surface area (Å²) in [6.07, 6.45) is -0.0851. The van der Waals surface area contributed by atoms with Crippen LogP contribution in [0.25, 0.3) is 0 Å². The van der Waals surface area contributed by atoms with Crippen LogP contribution in [0.4, 0.5) is 13.2 Å². The van der Waals surface area contributed by atoms with E-state index in [0.29, 0.717) is 0 Å². The molecule has 1 aromatic rings. The number of rotatable bonds is 1. The van der Waals surface area contributed by atoms with Gasteiger partial charge < -0.3 is 0 Å². The van der Waals surface area contributed by atoms with Crippen molar-refractivity contribution in [1.29, 1.82) is 0 Å². The molecule has 0 heterocycles. The van der Waals surface area contributed by atoms with Crippen LogP contribution < -0.4 is 0 Å². The molecule has 2 rings (SSSR count). The predicted octanol–water partition coefficient (Wildman–Crippen LogP) is 4.70. The molecule has 1 aliphatic rings. The van der Waals surface area contributed by atoms with E-state index in [0.717, 1.165) is 18.4 Å². The highest BCUT2D eigenvalue weighted by molar-refractivity contribution is 5.37. The first-order valence-electron chi connectivity index (χ1n) is 5.67. The van der Waals surface area contributed by atoms with E-state index in [-0.39, 0.29) is 5.41 Å². The van der Waals surface area contributed by atoms with E-state index < -0.39 is 11.7 Å². The lowest BCUT2D eigenvalue weighted by molar-refractivity contribution is -0.137. The van der Waals surface area contributed by atoms with Crippen LogP contribution in [0.15, 0.2) is 35.9 Å². The maximum Gasteiger partial charge on any atom is 0.416 e. The average molecular weight is 240 g/mol. The summed E-state index contributed by atoms with van der Waals surface area (Å²) >= 11 is 0. The van der Waals surface area contributed by atoms with Gasteiger partial charge >= 0.3 is 6.18 Å². The van der Waals surface area contributed by atoms with Gasteiger partial charge in [0.15, 0.2) is 0 Å². The topological polar surface area (TPSA) is 0 Å². The molecule has 0 bridgehead atoms. The quantitative estimate of drug-likeness (QED) is 0.624. The monoisotopic (exact) mass is 240 g/mol. The van der Waals surface area contributed by atoms with Crippen molar-refractivity contribution in [2.24, 2.45) is 0 Å². The molecule has 0 N–H and O–H groups in total. The van der Waals surface area contributed by atoms with Gasteiger partial charge in [-0.15, -0.1) is 0 Å². The highest BCUT2D eigenvalue weighted by atomic mass is 19.4. The summed E-state index contributed by atoms with van der Waals surface area (Å²) in [5, 5.41) is 0. The smallest absolute Gasteiger partial charge is 0.166 e. The third-order valence-corrected chi connectivity index (χ3v) is 3.48. The van der Waals surface area contributed by atoms with E-state index in [1.165, 1.54) is 17.7 Å². The van der Waals surface area contributed by atoms with Crippen molar-refractivity contribution in [2.75, 3.05) is 0 Å². The number of hydrogen-bond donors (Lipinski definition) is 0. The predicted molar refractivity (Wildman–Crippen MR) is 61.8 cm³/mol. The summed E-state index contributed by atoms with van der Waals surface area (Å²) < 4.78 is 37.3. The SMILES string of the molecule is CC1=C[C@](C)(c2ccc(C(F)(F)F)cc2)CC1. The molecule has 0 aromatic heterocycles. The molecular weight excluding hydrogens is 225 g/mol. The summed E-state index contributed by atoms with van der Waals surface area (Å²) in [6, 6.07) is 5.53. The third-order valence-electron chi connectivity index (χ3n) is 3.48. The Kier molecular flexibility index (Phi) is 2.80. The highest BCUT2D eigenvalue weighted by Crippen LogP contribution is 2.39. The molecular formula is C14H15F3. The van der Waals surface area contributed by atoms with Gasteiger partial charge in [-0.25, -0.2) is 0 Å². The first-order chi connectivity index (χ1) is 7.81. The minimum absolute atomic E-state index is 0.103. The maximum atomic E-state index is 12.4. The lowest BCUT2D eigenvalue weighted by Gasteiger charge is -2.22. The van der Waals surface area contributed by atoms with Crippen LogP contribution in [0, 0.1) is 0 Å². The molecule has 0 fully saturated rings. The number of halogens is 3. The molecule has 0 amide bonds. The summed E-state index contributed by atoms with van der Waals surface area (Å²) in [5.74, 6) is 0. The van der Waals surface area contributed by atoms with Crippen LogP contribution in [-0.2, 0) is 11.6 Å². The minimum Gasteiger partial charge on any atom is -0.166 e. The van der Waals surface area contributed by atoms with Crippen molar-refractivity contribution >= 4 is 0 Å². The van der Waals surface area contributed by atoms with Crippen molar-refractivity contribution < 1.29 is 13.2 Å². The second kappa shape index (κ2) is 3.90. The van der Waals surface area contributed by atoms with Crippen LogP contribution in [0.2, 0.25) is 0 Å². The standard InChI is InChI=1S/C14H15F3/c1-10-7-8-13(2,9-10)11-3-5-12(6-4-11)14(15,16)17/h3-6,9H,7-8H2,1-2H3/t13-/m1/s1. The van der Waals surface area contributed by atoms with Gasteiger partial charge in [0.2, 0.25) is 0 Å². The Morgan fingerprint density at radius 2 is 1.71 bits per heavy atom. The normalized spacial score (nSPS) is 24.9. The molecule has 0 radical (unpaired) electrons. The maximum absolute atomic E-state index is 12.4. The van der Waals surface area contributed by atoms with Crippen molar-refractivity contribution in [3.63, 3.8) is 0 Å². The molecule has 92 valence electrons. The zero-order chi connectivity index (χ0) is 12.7. The zero-order valence-corrected chi connectivity index (χ0v) is 9.93. The molecule has 0 spiro atoms. The van der Waals surface area contributed by atoms with Crippen molar-refractivity contribution in [2.45, 2.75) is 38.3 Å². The summed E-state index contributed by atoms with van der Waals surface area (Å²) in [5.41, 5.74) is 1.59. The summed E-state index contributed by atoms with van der Waals surface area (Å²) in [4.78, 5) is 0. The zero-order valence-electron chi connectivity index (χ0n) is 9.93. The highest BCUT2D eigenvalue weighted by Gasteiger charge is 2.32. The fourth-order valence-corrected chi connectivity index (χ4v) is 2.41. The van der Waals surface area contributed by atoms with Crippen LogP contribution >= 0.6 is 0 Å². The summed E-state index contributed by atoms with van der Waals surface area (Å²) in [7, 11) is 0. The fourth-order valence-electron chi connectivity index (χ4n) is 2.41. The first-order valence-corrected chi connectivity index (χ1v) is 5.67. The van der Waals surface area contributed by atoms with Crippen molar-refractivity contribution in [3.8, 4) is 0 Å². The van der Waals surface area contributed by atoms with Crippen molar-refractivity contribution in [1.82, 2.24) is 0 Å². The molecule has 0 saturated carbocycles. The lowest BCUT2D eigenvalue weighted by atomic mass is 9.82. The summed E-state index contributed by atoms with van der Waals surface area (Å²) in [6.45, 7) is 4.14. The first kappa shape index (κ1) is 12.2.